The van der Waals surface area contributed by atoms with Crippen molar-refractivity contribution in [3.63, 3.8) is 0 Å². The molecule has 7 nitrogen and oxygen atoms in total. The Kier molecular flexibility index (Phi) is 6.72. The van der Waals surface area contributed by atoms with Crippen molar-refractivity contribution in [2.24, 2.45) is 0 Å². The van der Waals surface area contributed by atoms with E-state index in [4.69, 9.17) is 18.9 Å². The molecule has 154 valence electrons. The third kappa shape index (κ3) is 4.86. The van der Waals surface area contributed by atoms with Crippen molar-refractivity contribution in [3.8, 4) is 11.5 Å². The van der Waals surface area contributed by atoms with Gasteiger partial charge in [-0.2, -0.15) is 0 Å². The van der Waals surface area contributed by atoms with Crippen molar-refractivity contribution < 1.29 is 28.5 Å². The number of fused-ring (bicyclic) bond motifs is 1. The summed E-state index contributed by atoms with van der Waals surface area (Å²) < 4.78 is 21.9. The lowest BCUT2D eigenvalue weighted by Gasteiger charge is -2.33. The third-order valence-corrected chi connectivity index (χ3v) is 4.70. The lowest BCUT2D eigenvalue weighted by Crippen LogP contribution is -2.48. The zero-order valence-corrected chi connectivity index (χ0v) is 16.8. The number of para-hydroxylation sites is 1. The van der Waals surface area contributed by atoms with E-state index in [1.54, 1.807) is 19.2 Å². The summed E-state index contributed by atoms with van der Waals surface area (Å²) >= 11 is 0. The van der Waals surface area contributed by atoms with E-state index in [0.717, 1.165) is 5.56 Å². The van der Waals surface area contributed by atoms with Gasteiger partial charge in [-0.25, -0.2) is 4.79 Å². The summed E-state index contributed by atoms with van der Waals surface area (Å²) in [4.78, 5) is 25.8. The van der Waals surface area contributed by atoms with Crippen LogP contribution in [0.2, 0.25) is 0 Å². The largest absolute Gasteiger partial charge is 0.488 e. The van der Waals surface area contributed by atoms with E-state index >= 15 is 0 Å². The molecule has 29 heavy (non-hydrogen) atoms. The Hall–Kier alpha value is -3.06. The average Bonchev–Trinajstić information content (AvgIpc) is 2.75. The molecule has 0 aromatic heterocycles. The molecule has 2 aromatic rings. The first-order valence-electron chi connectivity index (χ1n) is 9.47. The van der Waals surface area contributed by atoms with Crippen molar-refractivity contribution in [1.29, 1.82) is 0 Å². The number of methoxy groups -OCH3 is 1. The van der Waals surface area contributed by atoms with Gasteiger partial charge < -0.3 is 23.8 Å². The molecule has 0 saturated heterocycles. The lowest BCUT2D eigenvalue weighted by atomic mass is 10.1. The quantitative estimate of drug-likeness (QED) is 0.636. The summed E-state index contributed by atoms with van der Waals surface area (Å²) in [5.41, 5.74) is 1.47. The Morgan fingerprint density at radius 1 is 1.17 bits per heavy atom. The van der Waals surface area contributed by atoms with Gasteiger partial charge in [-0.3, -0.25) is 4.79 Å². The fraction of sp³-hybridized carbons (Fsp3) is 0.364. The number of hydrogen-bond acceptors (Lipinski definition) is 6. The molecule has 2 atom stereocenters. The zero-order valence-electron chi connectivity index (χ0n) is 16.8. The molecule has 1 amide bonds. The highest BCUT2D eigenvalue weighted by molar-refractivity contribution is 5.97. The number of rotatable bonds is 8. The number of benzene rings is 2. The smallest absolute Gasteiger partial charge is 0.335 e. The lowest BCUT2D eigenvalue weighted by molar-refractivity contribution is -0.153. The second-order valence-electron chi connectivity index (χ2n) is 6.61. The third-order valence-electron chi connectivity index (χ3n) is 4.70. The van der Waals surface area contributed by atoms with Crippen molar-refractivity contribution in [2.75, 3.05) is 27.4 Å². The number of esters is 1. The summed E-state index contributed by atoms with van der Waals surface area (Å²) in [7, 11) is 3.04. The molecule has 7 heteroatoms. The average molecular weight is 399 g/mol. The molecule has 0 fully saturated rings. The summed E-state index contributed by atoms with van der Waals surface area (Å²) in [6.07, 6.45) is -0.730. The molecule has 0 saturated carbocycles. The van der Waals surface area contributed by atoms with Crippen LogP contribution in [0.4, 0.5) is 0 Å². The topological polar surface area (TPSA) is 74.3 Å². The molecule has 0 radical (unpaired) electrons. The van der Waals surface area contributed by atoms with Crippen LogP contribution in [0, 0.1) is 0 Å². The van der Waals surface area contributed by atoms with Crippen LogP contribution in [0.1, 0.15) is 22.8 Å². The van der Waals surface area contributed by atoms with Gasteiger partial charge in [0.25, 0.3) is 5.91 Å². The van der Waals surface area contributed by atoms with Gasteiger partial charge in [0.05, 0.1) is 12.7 Å². The van der Waals surface area contributed by atoms with Crippen LogP contribution in [-0.4, -0.2) is 56.5 Å². The number of hydrogen-bond donors (Lipinski definition) is 0. The fourth-order valence-electron chi connectivity index (χ4n) is 3.08. The Morgan fingerprint density at radius 3 is 2.59 bits per heavy atom. The zero-order chi connectivity index (χ0) is 20.8. The summed E-state index contributed by atoms with van der Waals surface area (Å²) in [5.74, 6) is 0.711. The second-order valence-corrected chi connectivity index (χ2v) is 6.61. The summed E-state index contributed by atoms with van der Waals surface area (Å²) in [6, 6.07) is 14.5. The van der Waals surface area contributed by atoms with Gasteiger partial charge in [-0.15, -0.1) is 0 Å². The van der Waals surface area contributed by atoms with E-state index in [9.17, 15) is 9.59 Å². The fourth-order valence-corrected chi connectivity index (χ4v) is 3.08. The van der Waals surface area contributed by atoms with Crippen molar-refractivity contribution in [2.45, 2.75) is 25.7 Å². The maximum atomic E-state index is 12.5. The molecule has 2 unspecified atom stereocenters. The van der Waals surface area contributed by atoms with Gasteiger partial charge >= 0.3 is 5.97 Å². The van der Waals surface area contributed by atoms with E-state index in [-0.39, 0.29) is 12.5 Å². The Balaban J connectivity index is 1.59. The normalized spacial score (nSPS) is 16.6. The molecule has 0 bridgehead atoms. The van der Waals surface area contributed by atoms with Gasteiger partial charge in [0.15, 0.2) is 6.10 Å². The highest BCUT2D eigenvalue weighted by Gasteiger charge is 2.31. The molecule has 3 rings (SSSR count). The van der Waals surface area contributed by atoms with E-state index < -0.39 is 18.3 Å². The Bertz CT molecular complexity index is 851. The number of ether oxygens (including phenoxy) is 4. The first-order chi connectivity index (χ1) is 14.0. The van der Waals surface area contributed by atoms with E-state index in [0.29, 0.717) is 30.1 Å². The predicted molar refractivity (Wildman–Crippen MR) is 106 cm³/mol. The molecule has 1 heterocycles. The molecule has 0 aliphatic carbocycles. The highest BCUT2D eigenvalue weighted by Crippen LogP contribution is 2.27. The minimum absolute atomic E-state index is 0.0967. The molecular weight excluding hydrogens is 374 g/mol. The highest BCUT2D eigenvalue weighted by atomic mass is 16.6. The van der Waals surface area contributed by atoms with Crippen LogP contribution in [0.15, 0.2) is 48.5 Å². The Labute approximate surface area is 170 Å². The van der Waals surface area contributed by atoms with Crippen LogP contribution in [0.5, 0.6) is 11.5 Å². The number of carbonyl (C=O) groups excluding carboxylic acids is 2. The SMILES string of the molecule is CCOC(Cc1ccc(OCC2Oc3ccccc3C(=O)N2C)cc1)C(=O)OC. The summed E-state index contributed by atoms with van der Waals surface area (Å²) in [6.45, 7) is 2.46. The van der Waals surface area contributed by atoms with Gasteiger partial charge in [0.2, 0.25) is 6.23 Å². The Morgan fingerprint density at radius 2 is 1.90 bits per heavy atom. The van der Waals surface area contributed by atoms with Gasteiger partial charge in [0.1, 0.15) is 18.1 Å². The van der Waals surface area contributed by atoms with Crippen LogP contribution in [0.3, 0.4) is 0 Å². The van der Waals surface area contributed by atoms with Crippen LogP contribution >= 0.6 is 0 Å². The van der Waals surface area contributed by atoms with Gasteiger partial charge in [0, 0.05) is 20.1 Å². The molecule has 0 spiro atoms. The molecular formula is C22H25NO6. The molecule has 1 aliphatic heterocycles. The first kappa shape index (κ1) is 20.7. The first-order valence-corrected chi connectivity index (χ1v) is 9.47. The maximum Gasteiger partial charge on any atom is 0.335 e. The monoisotopic (exact) mass is 399 g/mol. The summed E-state index contributed by atoms with van der Waals surface area (Å²) in [5, 5.41) is 0. The van der Waals surface area contributed by atoms with E-state index in [1.807, 2.05) is 43.3 Å². The van der Waals surface area contributed by atoms with Gasteiger partial charge in [-0.1, -0.05) is 24.3 Å². The number of amides is 1. The van der Waals surface area contributed by atoms with Crippen LogP contribution in [-0.2, 0) is 20.7 Å². The van der Waals surface area contributed by atoms with E-state index in [2.05, 4.69) is 0 Å². The molecule has 2 aromatic carbocycles. The van der Waals surface area contributed by atoms with Crippen molar-refractivity contribution in [1.82, 2.24) is 4.90 Å². The minimum atomic E-state index is -0.632. The van der Waals surface area contributed by atoms with Crippen LogP contribution in [0.25, 0.3) is 0 Å². The number of nitrogens with zero attached hydrogens (tertiary/aromatic N) is 1. The number of likely N-dealkylation sites (N-methyl/N-ethyl adjacent to an activating group) is 1. The maximum absolute atomic E-state index is 12.5. The van der Waals surface area contributed by atoms with Crippen molar-refractivity contribution >= 4 is 11.9 Å². The minimum Gasteiger partial charge on any atom is -0.488 e. The predicted octanol–water partition coefficient (Wildman–Crippen LogP) is 2.68. The van der Waals surface area contributed by atoms with E-state index in [1.165, 1.54) is 12.0 Å². The molecule has 0 N–H and O–H groups in total. The molecule has 1 aliphatic rings. The second kappa shape index (κ2) is 9.43. The van der Waals surface area contributed by atoms with Crippen LogP contribution < -0.4 is 9.47 Å². The van der Waals surface area contributed by atoms with Gasteiger partial charge in [-0.05, 0) is 36.8 Å². The van der Waals surface area contributed by atoms with Crippen molar-refractivity contribution in [3.05, 3.63) is 59.7 Å². The number of carbonyl (C=O) groups is 2. The standard InChI is InChI=1S/C22H25NO6/c1-4-27-19(22(25)26-3)13-15-9-11-16(12-10-15)28-14-20-23(2)21(24)17-7-5-6-8-18(17)29-20/h5-12,19-20H,4,13-14H2,1-3H3.